The van der Waals surface area contributed by atoms with Gasteiger partial charge in [-0.25, -0.2) is 4.79 Å². The van der Waals surface area contributed by atoms with Crippen molar-refractivity contribution in [3.05, 3.63) is 70.9 Å². The number of likely N-dealkylation sites (N-methyl/N-ethyl adjacent to an activating group) is 1. The Balaban J connectivity index is 1.51. The number of hydrogen-bond donors (Lipinski definition) is 0. The molecule has 28 heavy (non-hydrogen) atoms. The predicted molar refractivity (Wildman–Crippen MR) is 105 cm³/mol. The maximum atomic E-state index is 12.6. The minimum absolute atomic E-state index is 0.00837. The predicted octanol–water partition coefficient (Wildman–Crippen LogP) is 3.10. The Labute approximate surface area is 161 Å². The Bertz CT molecular complexity index is 1140. The van der Waals surface area contributed by atoms with Gasteiger partial charge in [0.2, 0.25) is 5.91 Å². The number of hydrogen-bond acceptors (Lipinski definition) is 5. The van der Waals surface area contributed by atoms with Gasteiger partial charge in [0.25, 0.3) is 0 Å². The first-order chi connectivity index (χ1) is 13.4. The number of para-hydroxylation sites is 1. The summed E-state index contributed by atoms with van der Waals surface area (Å²) in [5, 5.41) is 0.685. The highest BCUT2D eigenvalue weighted by Crippen LogP contribution is 2.28. The van der Waals surface area contributed by atoms with E-state index in [-0.39, 0.29) is 24.7 Å². The molecule has 0 saturated carbocycles. The fraction of sp³-hybridized carbons (Fsp3) is 0.182. The molecule has 4 rings (SSSR count). The molecule has 1 amide bonds. The van der Waals surface area contributed by atoms with Crippen molar-refractivity contribution in [3.63, 3.8) is 0 Å². The van der Waals surface area contributed by atoms with Crippen molar-refractivity contribution in [1.29, 1.82) is 0 Å². The number of nitrogens with zero attached hydrogens (tertiary/aromatic N) is 2. The first kappa shape index (κ1) is 17.9. The Hall–Kier alpha value is -3.54. The summed E-state index contributed by atoms with van der Waals surface area (Å²) < 4.78 is 5.28. The van der Waals surface area contributed by atoms with Crippen LogP contribution in [0.15, 0.2) is 48.5 Å². The largest absolute Gasteiger partial charge is 0.454 e. The summed E-state index contributed by atoms with van der Waals surface area (Å²) in [5.41, 5.74) is 3.82. The molecule has 6 nitrogen and oxygen atoms in total. The zero-order chi connectivity index (χ0) is 19.8. The molecule has 6 heteroatoms. The summed E-state index contributed by atoms with van der Waals surface area (Å²) in [6.45, 7) is 1.44. The summed E-state index contributed by atoms with van der Waals surface area (Å²) in [6.07, 6.45) is 0.273. The molecule has 3 aromatic rings. The number of rotatable bonds is 4. The SMILES string of the molecule is Cc1cc(C(=O)OCC(=O)c2ccc3c(c2)CC(=O)N3C)c2ccccc2n1. The number of aryl methyl sites for hydroxylation is 1. The minimum Gasteiger partial charge on any atom is -0.454 e. The van der Waals surface area contributed by atoms with Crippen LogP contribution < -0.4 is 4.90 Å². The summed E-state index contributed by atoms with van der Waals surface area (Å²) in [6, 6.07) is 14.0. The van der Waals surface area contributed by atoms with E-state index in [1.54, 1.807) is 49.2 Å². The average molecular weight is 374 g/mol. The van der Waals surface area contributed by atoms with Gasteiger partial charge in [-0.3, -0.25) is 14.6 Å². The van der Waals surface area contributed by atoms with Crippen LogP contribution in [0.2, 0.25) is 0 Å². The van der Waals surface area contributed by atoms with Gasteiger partial charge in [-0.2, -0.15) is 0 Å². The zero-order valence-corrected chi connectivity index (χ0v) is 15.6. The molecule has 0 saturated heterocycles. The number of anilines is 1. The number of fused-ring (bicyclic) bond motifs is 2. The molecule has 1 aliphatic rings. The number of carbonyl (C=O) groups excluding carboxylic acids is 3. The Morgan fingerprint density at radius 3 is 2.75 bits per heavy atom. The first-order valence-corrected chi connectivity index (χ1v) is 8.90. The number of amides is 1. The molecule has 0 aliphatic carbocycles. The Morgan fingerprint density at radius 1 is 1.14 bits per heavy atom. The minimum atomic E-state index is -0.564. The molecule has 0 radical (unpaired) electrons. The van der Waals surface area contributed by atoms with Gasteiger partial charge in [-0.1, -0.05) is 18.2 Å². The summed E-state index contributed by atoms with van der Waals surface area (Å²) in [7, 11) is 1.71. The lowest BCUT2D eigenvalue weighted by Crippen LogP contribution is -2.20. The Kier molecular flexibility index (Phi) is 4.39. The van der Waals surface area contributed by atoms with Crippen molar-refractivity contribution >= 4 is 34.3 Å². The quantitative estimate of drug-likeness (QED) is 0.518. The molecule has 140 valence electrons. The number of ketones is 1. The van der Waals surface area contributed by atoms with Crippen LogP contribution in [-0.2, 0) is 16.0 Å². The number of aromatic nitrogens is 1. The van der Waals surface area contributed by atoms with E-state index in [1.807, 2.05) is 18.2 Å². The van der Waals surface area contributed by atoms with E-state index in [0.717, 1.165) is 11.3 Å². The highest BCUT2D eigenvalue weighted by Gasteiger charge is 2.25. The summed E-state index contributed by atoms with van der Waals surface area (Å²) in [4.78, 5) is 42.8. The van der Waals surface area contributed by atoms with Crippen LogP contribution in [0.5, 0.6) is 0 Å². The van der Waals surface area contributed by atoms with Crippen LogP contribution in [0.25, 0.3) is 10.9 Å². The lowest BCUT2D eigenvalue weighted by atomic mass is 10.1. The van der Waals surface area contributed by atoms with Gasteiger partial charge in [-0.15, -0.1) is 0 Å². The van der Waals surface area contributed by atoms with Gasteiger partial charge in [-0.05, 0) is 42.8 Å². The third kappa shape index (κ3) is 3.13. The number of Topliss-reactive ketones (excluding diaryl/α,β-unsaturated/α-hetero) is 1. The summed E-state index contributed by atoms with van der Waals surface area (Å²) >= 11 is 0. The van der Waals surface area contributed by atoms with Crippen molar-refractivity contribution in [1.82, 2.24) is 4.98 Å². The zero-order valence-electron chi connectivity index (χ0n) is 15.6. The van der Waals surface area contributed by atoms with E-state index in [0.29, 0.717) is 27.7 Å². The smallest absolute Gasteiger partial charge is 0.339 e. The van der Waals surface area contributed by atoms with E-state index in [1.165, 1.54) is 0 Å². The van der Waals surface area contributed by atoms with Gasteiger partial charge in [0.05, 0.1) is 17.5 Å². The number of ether oxygens (including phenoxy) is 1. The van der Waals surface area contributed by atoms with Crippen molar-refractivity contribution in [2.75, 3.05) is 18.6 Å². The Morgan fingerprint density at radius 2 is 1.93 bits per heavy atom. The molecule has 0 N–H and O–H groups in total. The standard InChI is InChI=1S/C22H18N2O4/c1-13-9-17(16-5-3-4-6-18(16)23-13)22(27)28-12-20(25)14-7-8-19-15(10-14)11-21(26)24(19)2/h3-10H,11-12H2,1-2H3. The van der Waals surface area contributed by atoms with E-state index in [2.05, 4.69) is 4.98 Å². The molecule has 0 unspecified atom stereocenters. The molecular weight excluding hydrogens is 356 g/mol. The van der Waals surface area contributed by atoms with E-state index < -0.39 is 5.97 Å². The van der Waals surface area contributed by atoms with Crippen molar-refractivity contribution in [2.45, 2.75) is 13.3 Å². The topological polar surface area (TPSA) is 76.6 Å². The maximum absolute atomic E-state index is 12.6. The molecule has 0 atom stereocenters. The third-order valence-electron chi connectivity index (χ3n) is 4.88. The van der Waals surface area contributed by atoms with Crippen LogP contribution in [0.1, 0.15) is 32.0 Å². The molecule has 2 heterocycles. The second-order valence-corrected chi connectivity index (χ2v) is 6.80. The van der Waals surface area contributed by atoms with Crippen LogP contribution in [0, 0.1) is 6.92 Å². The van der Waals surface area contributed by atoms with Gasteiger partial charge in [0.15, 0.2) is 12.4 Å². The van der Waals surface area contributed by atoms with Crippen molar-refractivity contribution < 1.29 is 19.1 Å². The molecule has 2 aromatic carbocycles. The third-order valence-corrected chi connectivity index (χ3v) is 4.88. The van der Waals surface area contributed by atoms with Gasteiger partial charge < -0.3 is 9.64 Å². The highest BCUT2D eigenvalue weighted by atomic mass is 16.5. The molecule has 0 bridgehead atoms. The van der Waals surface area contributed by atoms with Crippen LogP contribution >= 0.6 is 0 Å². The molecule has 0 spiro atoms. The number of esters is 1. The fourth-order valence-corrected chi connectivity index (χ4v) is 3.41. The van der Waals surface area contributed by atoms with Crippen LogP contribution in [0.4, 0.5) is 5.69 Å². The second kappa shape index (κ2) is 6.88. The highest BCUT2D eigenvalue weighted by molar-refractivity contribution is 6.06. The van der Waals surface area contributed by atoms with E-state index in [9.17, 15) is 14.4 Å². The van der Waals surface area contributed by atoms with Gasteiger partial charge in [0.1, 0.15) is 0 Å². The monoisotopic (exact) mass is 374 g/mol. The van der Waals surface area contributed by atoms with E-state index in [4.69, 9.17) is 4.74 Å². The molecule has 1 aromatic heterocycles. The molecular formula is C22H18N2O4. The van der Waals surface area contributed by atoms with Crippen LogP contribution in [0.3, 0.4) is 0 Å². The molecule has 0 fully saturated rings. The molecule has 1 aliphatic heterocycles. The van der Waals surface area contributed by atoms with Crippen LogP contribution in [-0.4, -0.2) is 36.3 Å². The van der Waals surface area contributed by atoms with Crippen molar-refractivity contribution in [3.8, 4) is 0 Å². The fourth-order valence-electron chi connectivity index (χ4n) is 3.41. The number of pyridine rings is 1. The van der Waals surface area contributed by atoms with Gasteiger partial charge >= 0.3 is 5.97 Å². The van der Waals surface area contributed by atoms with Gasteiger partial charge in [0, 0.05) is 29.4 Å². The summed E-state index contributed by atoms with van der Waals surface area (Å²) in [5.74, 6) is -0.884. The maximum Gasteiger partial charge on any atom is 0.339 e. The average Bonchev–Trinajstić information content (AvgIpc) is 2.98. The lowest BCUT2D eigenvalue weighted by molar-refractivity contribution is -0.117. The normalized spacial score (nSPS) is 12.9. The van der Waals surface area contributed by atoms with E-state index >= 15 is 0 Å². The number of carbonyl (C=O) groups is 3. The first-order valence-electron chi connectivity index (χ1n) is 8.90. The lowest BCUT2D eigenvalue weighted by Gasteiger charge is -2.11. The second-order valence-electron chi connectivity index (χ2n) is 6.80. The number of benzene rings is 2. The van der Waals surface area contributed by atoms with Crippen molar-refractivity contribution in [2.24, 2.45) is 0 Å².